The van der Waals surface area contributed by atoms with Crippen LogP contribution in [0.25, 0.3) is 0 Å². The molecule has 2 rings (SSSR count). The molecule has 0 heterocycles. The fourth-order valence-electron chi connectivity index (χ4n) is 3.34. The first-order chi connectivity index (χ1) is 18.2. The van der Waals surface area contributed by atoms with Gasteiger partial charge in [-0.25, -0.2) is 0 Å². The number of hydrogen-bond acceptors (Lipinski definition) is 7. The van der Waals surface area contributed by atoms with Gasteiger partial charge in [-0.15, -0.1) is 0 Å². The molecule has 0 radical (unpaired) electrons. The molecule has 0 unspecified atom stereocenters. The van der Waals surface area contributed by atoms with Crippen LogP contribution in [-0.2, 0) is 22.6 Å². The zero-order valence-electron chi connectivity index (χ0n) is 25.2. The Morgan fingerprint density at radius 3 is 2.03 bits per heavy atom. The minimum atomic E-state index is 0.233. The Morgan fingerprint density at radius 2 is 1.61 bits per heavy atom. The van der Waals surface area contributed by atoms with Crippen LogP contribution in [-0.4, -0.2) is 45.6 Å². The molecule has 0 fully saturated rings. The molecule has 8 heteroatoms. The summed E-state index contributed by atoms with van der Waals surface area (Å²) >= 11 is 3.63. The lowest BCUT2D eigenvalue weighted by Gasteiger charge is -2.27. The molecular weight excluding hydrogens is 544 g/mol. The third kappa shape index (κ3) is 12.7. The van der Waals surface area contributed by atoms with Crippen LogP contribution in [0.4, 0.5) is 11.4 Å². The zero-order chi connectivity index (χ0) is 29.7. The highest BCUT2D eigenvalue weighted by molar-refractivity contribution is 9.10. The number of aldehydes is 1. The van der Waals surface area contributed by atoms with Crippen molar-refractivity contribution >= 4 is 33.6 Å². The Hall–Kier alpha value is -2.71. The van der Waals surface area contributed by atoms with E-state index in [0.29, 0.717) is 30.4 Å². The Bertz CT molecular complexity index is 917. The molecule has 0 amide bonds. The van der Waals surface area contributed by atoms with E-state index in [-0.39, 0.29) is 6.54 Å². The van der Waals surface area contributed by atoms with Gasteiger partial charge in [0.05, 0.1) is 19.3 Å². The molecule has 0 aromatic heterocycles. The van der Waals surface area contributed by atoms with Gasteiger partial charge in [-0.2, -0.15) is 0 Å². The van der Waals surface area contributed by atoms with Crippen molar-refractivity contribution in [3.05, 3.63) is 63.9 Å². The number of carbonyl (C=O) groups excluding carboxylic acids is 1. The molecule has 0 bridgehead atoms. The average Bonchev–Trinajstić information content (AvgIpc) is 2.93. The van der Waals surface area contributed by atoms with Gasteiger partial charge in [-0.3, -0.25) is 0 Å². The summed E-state index contributed by atoms with van der Waals surface area (Å²) in [5.41, 5.74) is 16.8. The smallest absolute Gasteiger partial charge is 0.144 e. The highest BCUT2D eigenvalue weighted by Gasteiger charge is 2.19. The third-order valence-electron chi connectivity index (χ3n) is 5.25. The molecule has 0 saturated heterocycles. The predicted molar refractivity (Wildman–Crippen MR) is 168 cm³/mol. The van der Waals surface area contributed by atoms with Gasteiger partial charge in [0.25, 0.3) is 0 Å². The molecule has 0 aliphatic carbocycles. The minimum Gasteiger partial charge on any atom is -0.494 e. The van der Waals surface area contributed by atoms with E-state index in [1.165, 1.54) is 17.3 Å². The van der Waals surface area contributed by atoms with E-state index in [4.69, 9.17) is 16.2 Å². The first kappa shape index (κ1) is 37.4. The van der Waals surface area contributed by atoms with Crippen LogP contribution in [0.5, 0.6) is 5.75 Å². The molecule has 0 spiro atoms. The zero-order valence-corrected chi connectivity index (χ0v) is 26.8. The summed E-state index contributed by atoms with van der Waals surface area (Å²) in [5.74, 6) is 1.18. The topological polar surface area (TPSA) is 94.0 Å². The SMILES string of the molecule is CC.CC.CCOC.COc1cc(CN(/C=C\N)CC=O)c(Br)c(N)c1N(C)Cc1ccc(C(C)C)cc1. The lowest BCUT2D eigenvalue weighted by Crippen LogP contribution is -2.22. The van der Waals surface area contributed by atoms with Crippen molar-refractivity contribution < 1.29 is 14.3 Å². The lowest BCUT2D eigenvalue weighted by molar-refractivity contribution is -0.108. The van der Waals surface area contributed by atoms with Gasteiger partial charge in [0, 0.05) is 50.7 Å². The van der Waals surface area contributed by atoms with E-state index in [9.17, 15) is 4.79 Å². The van der Waals surface area contributed by atoms with Crippen molar-refractivity contribution in [2.75, 3.05) is 45.1 Å². The minimum absolute atomic E-state index is 0.233. The number of methoxy groups -OCH3 is 2. The second-order valence-corrected chi connectivity index (χ2v) is 8.87. The molecule has 38 heavy (non-hydrogen) atoms. The molecule has 0 aliphatic heterocycles. The number of nitrogens with zero attached hydrogens (tertiary/aromatic N) is 2. The molecule has 216 valence electrons. The average molecular weight is 596 g/mol. The predicted octanol–water partition coefficient (Wildman–Crippen LogP) is 6.94. The van der Waals surface area contributed by atoms with E-state index >= 15 is 0 Å². The maximum atomic E-state index is 10.9. The summed E-state index contributed by atoms with van der Waals surface area (Å²) in [6.45, 7) is 16.5. The summed E-state index contributed by atoms with van der Waals surface area (Å²) in [6, 6.07) is 10.6. The largest absolute Gasteiger partial charge is 0.494 e. The molecule has 2 aromatic carbocycles. The number of nitrogen functional groups attached to an aromatic ring is 1. The highest BCUT2D eigenvalue weighted by Crippen LogP contribution is 2.42. The van der Waals surface area contributed by atoms with Gasteiger partial charge < -0.3 is 35.5 Å². The number of carbonyl (C=O) groups is 1. The fourth-order valence-corrected chi connectivity index (χ4v) is 3.77. The van der Waals surface area contributed by atoms with Crippen molar-refractivity contribution in [3.8, 4) is 5.75 Å². The Labute approximate surface area is 240 Å². The van der Waals surface area contributed by atoms with Crippen LogP contribution in [0.1, 0.15) is 71.1 Å². The van der Waals surface area contributed by atoms with E-state index in [1.54, 1.807) is 25.3 Å². The maximum Gasteiger partial charge on any atom is 0.144 e. The first-order valence-corrected chi connectivity index (χ1v) is 14.0. The molecule has 0 atom stereocenters. The lowest BCUT2D eigenvalue weighted by atomic mass is 10.0. The standard InChI is InChI=1S/C23H31BrN4O2.C3H8O.2C2H6/c1-16(2)18-7-5-17(6-8-18)14-27(3)23-20(30-4)13-19(21(24)22(23)26)15-28(10-9-25)11-12-29;1-3-4-2;2*1-2/h5-10,12-13,16H,11,14-15,25-26H2,1-4H3;3H2,1-2H3;2*1-2H3/b10-9-;;;. The van der Waals surface area contributed by atoms with Gasteiger partial charge >= 0.3 is 0 Å². The van der Waals surface area contributed by atoms with Crippen LogP contribution in [0, 0.1) is 0 Å². The monoisotopic (exact) mass is 594 g/mol. The van der Waals surface area contributed by atoms with Crippen LogP contribution in [0.2, 0.25) is 0 Å². The number of nitrogens with two attached hydrogens (primary N) is 2. The molecule has 7 nitrogen and oxygen atoms in total. The van der Waals surface area contributed by atoms with Crippen molar-refractivity contribution in [3.63, 3.8) is 0 Å². The second kappa shape index (κ2) is 22.3. The summed E-state index contributed by atoms with van der Waals surface area (Å²) in [7, 11) is 5.30. The van der Waals surface area contributed by atoms with Gasteiger partial charge in [0.15, 0.2) is 0 Å². The number of ether oxygens (including phenoxy) is 2. The van der Waals surface area contributed by atoms with Crippen LogP contribution >= 0.6 is 15.9 Å². The molecule has 2 aromatic rings. The quantitative estimate of drug-likeness (QED) is 0.215. The van der Waals surface area contributed by atoms with Crippen LogP contribution < -0.4 is 21.1 Å². The Kier molecular flexibility index (Phi) is 22.0. The Balaban J connectivity index is 0. The first-order valence-electron chi connectivity index (χ1n) is 13.2. The molecule has 0 aliphatic rings. The van der Waals surface area contributed by atoms with Gasteiger partial charge in [-0.1, -0.05) is 65.8 Å². The van der Waals surface area contributed by atoms with Crippen molar-refractivity contribution in [2.24, 2.45) is 5.73 Å². The van der Waals surface area contributed by atoms with Gasteiger partial charge in [0.1, 0.15) is 17.7 Å². The third-order valence-corrected chi connectivity index (χ3v) is 6.18. The summed E-state index contributed by atoms with van der Waals surface area (Å²) < 4.78 is 11.0. The van der Waals surface area contributed by atoms with Crippen molar-refractivity contribution in [2.45, 2.75) is 67.5 Å². The second-order valence-electron chi connectivity index (χ2n) is 8.08. The van der Waals surface area contributed by atoms with Gasteiger partial charge in [0.2, 0.25) is 0 Å². The maximum absolute atomic E-state index is 10.9. The molecular formula is C30H51BrN4O3. The normalized spacial score (nSPS) is 9.89. The fraction of sp³-hybridized carbons (Fsp3) is 0.500. The summed E-state index contributed by atoms with van der Waals surface area (Å²) in [6.07, 6.45) is 3.91. The molecule has 4 N–H and O–H groups in total. The van der Waals surface area contributed by atoms with E-state index in [0.717, 1.165) is 28.6 Å². The number of hydrogen-bond donors (Lipinski definition) is 2. The Morgan fingerprint density at radius 1 is 1.05 bits per heavy atom. The highest BCUT2D eigenvalue weighted by atomic mass is 79.9. The van der Waals surface area contributed by atoms with Crippen molar-refractivity contribution in [1.29, 1.82) is 0 Å². The number of benzene rings is 2. The summed E-state index contributed by atoms with van der Waals surface area (Å²) in [5, 5.41) is 0. The van der Waals surface area contributed by atoms with E-state index < -0.39 is 0 Å². The number of halogens is 1. The number of rotatable bonds is 11. The number of anilines is 2. The van der Waals surface area contributed by atoms with Crippen molar-refractivity contribution in [1.82, 2.24) is 4.90 Å². The van der Waals surface area contributed by atoms with Crippen LogP contribution in [0.3, 0.4) is 0 Å². The molecule has 0 saturated carbocycles. The van der Waals surface area contributed by atoms with E-state index in [1.807, 2.05) is 47.7 Å². The van der Waals surface area contributed by atoms with Crippen LogP contribution in [0.15, 0.2) is 47.2 Å². The van der Waals surface area contributed by atoms with Gasteiger partial charge in [-0.05, 0) is 51.5 Å². The van der Waals surface area contributed by atoms with E-state index in [2.05, 4.69) is 63.7 Å². The summed E-state index contributed by atoms with van der Waals surface area (Å²) in [4.78, 5) is 14.8.